The maximum atomic E-state index is 11.2. The summed E-state index contributed by atoms with van der Waals surface area (Å²) in [6, 6.07) is 0. The predicted molar refractivity (Wildman–Crippen MR) is 43.7 cm³/mol. The van der Waals surface area contributed by atoms with Crippen molar-refractivity contribution in [2.75, 3.05) is 7.11 Å². The van der Waals surface area contributed by atoms with Gasteiger partial charge in [-0.15, -0.1) is 0 Å². The van der Waals surface area contributed by atoms with Crippen molar-refractivity contribution in [3.8, 4) is 0 Å². The van der Waals surface area contributed by atoms with E-state index in [1.165, 1.54) is 7.11 Å². The normalized spacial score (nSPS) is 13.3. The highest BCUT2D eigenvalue weighted by Gasteiger charge is 2.19. The number of nitrogens with zero attached hydrogens (tertiary/aromatic N) is 2. The molecule has 0 aromatic carbocycles. The molecule has 5 heteroatoms. The summed E-state index contributed by atoms with van der Waals surface area (Å²) in [5.41, 5.74) is 1.03. The molecule has 0 atom stereocenters. The van der Waals surface area contributed by atoms with Gasteiger partial charge in [-0.2, -0.15) is 0 Å². The van der Waals surface area contributed by atoms with Crippen molar-refractivity contribution in [3.63, 3.8) is 0 Å². The van der Waals surface area contributed by atoms with E-state index in [1.807, 2.05) is 0 Å². The summed E-state index contributed by atoms with van der Waals surface area (Å²) in [5.74, 6) is -0.437. The van der Waals surface area contributed by atoms with Gasteiger partial charge in [-0.3, -0.25) is 0 Å². The Bertz CT molecular complexity index is 367. The van der Waals surface area contributed by atoms with Crippen LogP contribution in [0.25, 0.3) is 6.20 Å². The number of carbonyl (C=O) groups is 1. The molecule has 0 radical (unpaired) electrons. The Labute approximate surface area is 74.6 Å². The fourth-order valence-corrected chi connectivity index (χ4v) is 1.16. The van der Waals surface area contributed by atoms with Crippen LogP contribution in [0.1, 0.15) is 16.2 Å². The first-order valence-electron chi connectivity index (χ1n) is 3.75. The molecule has 13 heavy (non-hydrogen) atoms. The zero-order valence-corrected chi connectivity index (χ0v) is 7.06. The molecule has 0 bridgehead atoms. The van der Waals surface area contributed by atoms with Crippen molar-refractivity contribution in [2.24, 2.45) is 0 Å². The summed E-state index contributed by atoms with van der Waals surface area (Å²) < 4.78 is 11.3. The van der Waals surface area contributed by atoms with Crippen LogP contribution in [0.3, 0.4) is 0 Å². The van der Waals surface area contributed by atoms with Crippen LogP contribution in [0.4, 0.5) is 0 Å². The largest absolute Gasteiger partial charge is 0.493 e. The lowest BCUT2D eigenvalue weighted by Gasteiger charge is -2.09. The molecule has 1 aromatic rings. The van der Waals surface area contributed by atoms with Gasteiger partial charge in [0, 0.05) is 6.20 Å². The first-order chi connectivity index (χ1) is 6.33. The van der Waals surface area contributed by atoms with E-state index in [0.29, 0.717) is 18.0 Å². The number of imidazole rings is 1. The molecule has 0 N–H and O–H groups in total. The molecule has 68 valence electrons. The summed E-state index contributed by atoms with van der Waals surface area (Å²) in [6.45, 7) is 0.348. The lowest BCUT2D eigenvalue weighted by Crippen LogP contribution is -2.09. The van der Waals surface area contributed by atoms with Crippen LogP contribution in [0, 0.1) is 0 Å². The maximum absolute atomic E-state index is 11.2. The van der Waals surface area contributed by atoms with Gasteiger partial charge in [0.15, 0.2) is 5.69 Å². The summed E-state index contributed by atoms with van der Waals surface area (Å²) >= 11 is 0. The highest BCUT2D eigenvalue weighted by Crippen LogP contribution is 2.14. The fraction of sp³-hybridized carbons (Fsp3) is 0.250. The number of fused-ring (bicyclic) bond motifs is 1. The minimum atomic E-state index is -0.437. The van der Waals surface area contributed by atoms with Crippen molar-refractivity contribution in [3.05, 3.63) is 24.0 Å². The fourth-order valence-electron chi connectivity index (χ4n) is 1.16. The molecular formula is C8H8N2O3. The first kappa shape index (κ1) is 7.85. The second-order valence-corrected chi connectivity index (χ2v) is 2.53. The third kappa shape index (κ3) is 1.18. The van der Waals surface area contributed by atoms with E-state index >= 15 is 0 Å². The second kappa shape index (κ2) is 2.93. The van der Waals surface area contributed by atoms with Crippen molar-refractivity contribution in [1.29, 1.82) is 0 Å². The molecule has 2 rings (SSSR count). The predicted octanol–water partition coefficient (Wildman–Crippen LogP) is 0.628. The molecule has 1 aliphatic rings. The highest BCUT2D eigenvalue weighted by atomic mass is 16.5. The van der Waals surface area contributed by atoms with Crippen LogP contribution in [0.5, 0.6) is 0 Å². The van der Waals surface area contributed by atoms with Gasteiger partial charge in [0.2, 0.25) is 0 Å². The standard InChI is InChI=1S/C8H8N2O3/c1-12-8(11)7-6-4-13-3-2-10(6)5-9-7/h2-3,5H,4H2,1H3. The van der Waals surface area contributed by atoms with Crippen LogP contribution in [-0.4, -0.2) is 22.6 Å². The topological polar surface area (TPSA) is 53.3 Å². The Morgan fingerprint density at radius 3 is 3.38 bits per heavy atom. The van der Waals surface area contributed by atoms with Gasteiger partial charge in [-0.1, -0.05) is 0 Å². The Morgan fingerprint density at radius 2 is 2.62 bits per heavy atom. The maximum Gasteiger partial charge on any atom is 0.358 e. The Kier molecular flexibility index (Phi) is 1.77. The summed E-state index contributed by atoms with van der Waals surface area (Å²) in [7, 11) is 1.33. The molecule has 0 aliphatic carbocycles. The number of esters is 1. The lowest BCUT2D eigenvalue weighted by atomic mass is 10.3. The van der Waals surface area contributed by atoms with Crippen LogP contribution >= 0.6 is 0 Å². The number of carbonyl (C=O) groups excluding carboxylic acids is 1. The Hall–Kier alpha value is -1.78. The monoisotopic (exact) mass is 180 g/mol. The van der Waals surface area contributed by atoms with Gasteiger partial charge < -0.3 is 14.0 Å². The zero-order valence-electron chi connectivity index (χ0n) is 7.06. The summed E-state index contributed by atoms with van der Waals surface area (Å²) in [6.07, 6.45) is 4.80. The number of rotatable bonds is 1. The molecule has 5 nitrogen and oxygen atoms in total. The number of hydrogen-bond acceptors (Lipinski definition) is 4. The van der Waals surface area contributed by atoms with Gasteiger partial charge >= 0.3 is 5.97 Å². The van der Waals surface area contributed by atoms with Crippen molar-refractivity contribution >= 4 is 12.2 Å². The van der Waals surface area contributed by atoms with E-state index in [0.717, 1.165) is 0 Å². The van der Waals surface area contributed by atoms with Crippen LogP contribution in [0.15, 0.2) is 12.6 Å². The third-order valence-corrected chi connectivity index (χ3v) is 1.81. The van der Waals surface area contributed by atoms with E-state index in [9.17, 15) is 4.79 Å². The van der Waals surface area contributed by atoms with Gasteiger partial charge in [0.1, 0.15) is 19.2 Å². The minimum absolute atomic E-state index is 0.312. The van der Waals surface area contributed by atoms with Crippen molar-refractivity contribution in [2.45, 2.75) is 6.61 Å². The third-order valence-electron chi connectivity index (χ3n) is 1.81. The van der Waals surface area contributed by atoms with E-state index in [2.05, 4.69) is 9.72 Å². The minimum Gasteiger partial charge on any atom is -0.493 e. The number of hydrogen-bond donors (Lipinski definition) is 0. The molecule has 1 aromatic heterocycles. The molecule has 0 fully saturated rings. The molecule has 0 unspecified atom stereocenters. The van der Waals surface area contributed by atoms with Gasteiger partial charge in [-0.25, -0.2) is 9.78 Å². The zero-order chi connectivity index (χ0) is 9.26. The Morgan fingerprint density at radius 1 is 1.77 bits per heavy atom. The van der Waals surface area contributed by atoms with E-state index in [1.54, 1.807) is 23.4 Å². The molecule has 2 heterocycles. The quantitative estimate of drug-likeness (QED) is 0.595. The first-order valence-corrected chi connectivity index (χ1v) is 3.75. The number of aromatic nitrogens is 2. The van der Waals surface area contributed by atoms with E-state index < -0.39 is 5.97 Å². The molecule has 1 aliphatic heterocycles. The van der Waals surface area contributed by atoms with Gasteiger partial charge in [0.05, 0.1) is 12.8 Å². The van der Waals surface area contributed by atoms with Crippen molar-refractivity contribution in [1.82, 2.24) is 9.55 Å². The highest BCUT2D eigenvalue weighted by molar-refractivity contribution is 5.88. The molecule has 0 saturated carbocycles. The van der Waals surface area contributed by atoms with E-state index in [-0.39, 0.29) is 0 Å². The van der Waals surface area contributed by atoms with Crippen LogP contribution < -0.4 is 0 Å². The molecule has 0 spiro atoms. The Balaban J connectivity index is 2.43. The number of methoxy groups -OCH3 is 1. The van der Waals surface area contributed by atoms with Gasteiger partial charge in [-0.05, 0) is 0 Å². The van der Waals surface area contributed by atoms with Crippen LogP contribution in [0.2, 0.25) is 0 Å². The molecular weight excluding hydrogens is 172 g/mol. The second-order valence-electron chi connectivity index (χ2n) is 2.53. The smallest absolute Gasteiger partial charge is 0.358 e. The summed E-state index contributed by atoms with van der Waals surface area (Å²) in [4.78, 5) is 15.1. The average Bonchev–Trinajstić information content (AvgIpc) is 2.60. The summed E-state index contributed by atoms with van der Waals surface area (Å²) in [5, 5.41) is 0. The van der Waals surface area contributed by atoms with E-state index in [4.69, 9.17) is 4.74 Å². The lowest BCUT2D eigenvalue weighted by molar-refractivity contribution is 0.0590. The van der Waals surface area contributed by atoms with Gasteiger partial charge in [0.25, 0.3) is 0 Å². The SMILES string of the molecule is COC(=O)c1ncn2c1COC=C2. The molecule has 0 amide bonds. The molecule has 0 saturated heterocycles. The van der Waals surface area contributed by atoms with Crippen molar-refractivity contribution < 1.29 is 14.3 Å². The van der Waals surface area contributed by atoms with Crippen LogP contribution in [-0.2, 0) is 16.1 Å². The average molecular weight is 180 g/mol. The number of ether oxygens (including phenoxy) is 2.